The van der Waals surface area contributed by atoms with Crippen LogP contribution < -0.4 is 5.32 Å². The average molecular weight is 530 g/mol. The molecular weight excluding hydrogens is 490 g/mol. The van der Waals surface area contributed by atoms with Crippen molar-refractivity contribution in [1.29, 1.82) is 0 Å². The van der Waals surface area contributed by atoms with Crippen LogP contribution in [0.1, 0.15) is 67.2 Å². The Hall–Kier alpha value is -3.93. The lowest BCUT2D eigenvalue weighted by Crippen LogP contribution is -2.22. The van der Waals surface area contributed by atoms with E-state index in [-0.39, 0.29) is 12.3 Å². The number of hydrogen-bond acceptors (Lipinski definition) is 3. The van der Waals surface area contributed by atoms with Gasteiger partial charge in [0.15, 0.2) is 0 Å². The molecule has 1 unspecified atom stereocenters. The Morgan fingerprint density at radius 1 is 0.769 bits per heavy atom. The zero-order valence-corrected chi connectivity index (χ0v) is 22.7. The Morgan fingerprint density at radius 2 is 1.49 bits per heavy atom. The van der Waals surface area contributed by atoms with Gasteiger partial charge in [0.05, 0.1) is 12.3 Å². The van der Waals surface area contributed by atoms with Crippen molar-refractivity contribution in [2.24, 2.45) is 5.92 Å². The number of unbranched alkanes of at least 4 members (excludes halogenated alkanes) is 4. The Balaban J connectivity index is 1.38. The summed E-state index contributed by atoms with van der Waals surface area (Å²) >= 11 is 0. The first-order valence-electron chi connectivity index (χ1n) is 13.8. The number of aliphatic carboxylic acids is 2. The van der Waals surface area contributed by atoms with E-state index in [0.717, 1.165) is 47.9 Å². The van der Waals surface area contributed by atoms with Crippen LogP contribution in [0.25, 0.3) is 11.1 Å². The van der Waals surface area contributed by atoms with E-state index in [1.165, 1.54) is 24.0 Å². The molecule has 0 aromatic heterocycles. The van der Waals surface area contributed by atoms with Crippen LogP contribution in [0.5, 0.6) is 0 Å². The van der Waals surface area contributed by atoms with Gasteiger partial charge >= 0.3 is 11.9 Å². The number of carbonyl (C=O) groups excluding carboxylic acids is 1. The van der Waals surface area contributed by atoms with Crippen molar-refractivity contribution < 1.29 is 24.6 Å². The van der Waals surface area contributed by atoms with Crippen molar-refractivity contribution in [3.05, 3.63) is 95.1 Å². The molecule has 0 aliphatic heterocycles. The van der Waals surface area contributed by atoms with E-state index in [4.69, 9.17) is 5.11 Å². The zero-order chi connectivity index (χ0) is 28.0. The molecule has 3 N–H and O–H groups in total. The average Bonchev–Trinajstić information content (AvgIpc) is 2.92. The summed E-state index contributed by atoms with van der Waals surface area (Å²) in [5.41, 5.74) is 6.55. The van der Waals surface area contributed by atoms with Crippen molar-refractivity contribution in [3.8, 4) is 11.1 Å². The molecule has 6 heteroatoms. The van der Waals surface area contributed by atoms with E-state index >= 15 is 0 Å². The summed E-state index contributed by atoms with van der Waals surface area (Å²) in [6, 6.07) is 24.0. The van der Waals surface area contributed by atoms with Gasteiger partial charge in [0.1, 0.15) is 0 Å². The predicted octanol–water partition coefficient (Wildman–Crippen LogP) is 6.58. The summed E-state index contributed by atoms with van der Waals surface area (Å²) in [7, 11) is 0. The summed E-state index contributed by atoms with van der Waals surface area (Å²) in [5.74, 6) is -3.11. The lowest BCUT2D eigenvalue weighted by Gasteiger charge is -2.11. The number of aryl methyl sites for hydroxylation is 2. The zero-order valence-electron chi connectivity index (χ0n) is 22.7. The monoisotopic (exact) mass is 529 g/mol. The molecule has 3 aromatic rings. The minimum Gasteiger partial charge on any atom is -0.481 e. The number of carboxylic acids is 2. The number of benzene rings is 3. The maximum absolute atomic E-state index is 12.3. The molecule has 1 amide bonds. The van der Waals surface area contributed by atoms with Crippen LogP contribution in [0.3, 0.4) is 0 Å². The minimum atomic E-state index is -1.12. The number of hydrogen-bond donors (Lipinski definition) is 3. The smallest absolute Gasteiger partial charge is 0.307 e. The van der Waals surface area contributed by atoms with Crippen LogP contribution in [-0.2, 0) is 33.8 Å². The third-order valence-electron chi connectivity index (χ3n) is 7.07. The summed E-state index contributed by atoms with van der Waals surface area (Å²) in [4.78, 5) is 34.6. The van der Waals surface area contributed by atoms with Gasteiger partial charge in [-0.25, -0.2) is 0 Å². The van der Waals surface area contributed by atoms with Gasteiger partial charge in [0.2, 0.25) is 5.91 Å². The van der Waals surface area contributed by atoms with Crippen molar-refractivity contribution in [2.75, 3.05) is 0 Å². The van der Waals surface area contributed by atoms with Crippen LogP contribution in [0.4, 0.5) is 0 Å². The van der Waals surface area contributed by atoms with Gasteiger partial charge < -0.3 is 15.5 Å². The molecule has 206 valence electrons. The van der Waals surface area contributed by atoms with Crippen molar-refractivity contribution >= 4 is 17.8 Å². The molecule has 0 radical (unpaired) electrons. The van der Waals surface area contributed by atoms with Gasteiger partial charge in [-0.05, 0) is 72.1 Å². The highest BCUT2D eigenvalue weighted by Gasteiger charge is 2.21. The van der Waals surface area contributed by atoms with E-state index in [2.05, 4.69) is 36.5 Å². The normalized spacial score (nSPS) is 11.6. The first kappa shape index (κ1) is 29.6. The fraction of sp³-hybridized carbons (Fsp3) is 0.364. The highest BCUT2D eigenvalue weighted by molar-refractivity contribution is 5.78. The minimum absolute atomic E-state index is 0.0685. The Kier molecular flexibility index (Phi) is 11.8. The highest BCUT2D eigenvalue weighted by atomic mass is 16.4. The topological polar surface area (TPSA) is 104 Å². The van der Waals surface area contributed by atoms with Gasteiger partial charge in [-0.1, -0.05) is 86.0 Å². The summed E-state index contributed by atoms with van der Waals surface area (Å²) < 4.78 is 0. The van der Waals surface area contributed by atoms with E-state index < -0.39 is 24.3 Å². The van der Waals surface area contributed by atoms with Crippen molar-refractivity contribution in [3.63, 3.8) is 0 Å². The Labute approximate surface area is 231 Å². The molecular formula is C33H39NO5. The highest BCUT2D eigenvalue weighted by Crippen LogP contribution is 2.23. The van der Waals surface area contributed by atoms with Crippen molar-refractivity contribution in [2.45, 2.75) is 71.3 Å². The van der Waals surface area contributed by atoms with Gasteiger partial charge in [-0.15, -0.1) is 0 Å². The number of carboxylic acid groups (broad SMARTS) is 2. The van der Waals surface area contributed by atoms with Gasteiger partial charge in [-0.2, -0.15) is 0 Å². The predicted molar refractivity (Wildman–Crippen MR) is 153 cm³/mol. The molecule has 6 nitrogen and oxygen atoms in total. The van der Waals surface area contributed by atoms with Crippen molar-refractivity contribution in [1.82, 2.24) is 5.32 Å². The van der Waals surface area contributed by atoms with Gasteiger partial charge in [0.25, 0.3) is 0 Å². The maximum Gasteiger partial charge on any atom is 0.307 e. The second-order valence-electron chi connectivity index (χ2n) is 10.2. The molecule has 3 aromatic carbocycles. The second kappa shape index (κ2) is 15.5. The molecule has 1 atom stereocenters. The molecule has 0 aliphatic carbocycles. The quantitative estimate of drug-likeness (QED) is 0.182. The third kappa shape index (κ3) is 10.4. The van der Waals surface area contributed by atoms with Gasteiger partial charge in [0, 0.05) is 13.0 Å². The molecule has 0 spiro atoms. The van der Waals surface area contributed by atoms with Crippen LogP contribution >= 0.6 is 0 Å². The molecule has 0 saturated carbocycles. The molecule has 0 aliphatic rings. The lowest BCUT2D eigenvalue weighted by atomic mass is 9.94. The van der Waals surface area contributed by atoms with E-state index in [0.29, 0.717) is 13.0 Å². The third-order valence-corrected chi connectivity index (χ3v) is 7.07. The molecule has 0 saturated heterocycles. The summed E-state index contributed by atoms with van der Waals surface area (Å²) in [6.07, 6.45) is 6.91. The summed E-state index contributed by atoms with van der Waals surface area (Å²) in [6.45, 7) is 2.63. The van der Waals surface area contributed by atoms with E-state index in [1.54, 1.807) is 0 Å². The first-order valence-corrected chi connectivity index (χ1v) is 13.8. The lowest BCUT2D eigenvalue weighted by molar-refractivity contribution is -0.148. The van der Waals surface area contributed by atoms with Crippen LogP contribution in [0.2, 0.25) is 0 Å². The molecule has 0 heterocycles. The molecule has 3 rings (SSSR count). The Bertz CT molecular complexity index is 1230. The van der Waals surface area contributed by atoms with Crippen LogP contribution in [0, 0.1) is 12.8 Å². The number of carbonyl (C=O) groups is 3. The molecule has 0 bridgehead atoms. The maximum atomic E-state index is 12.3. The van der Waals surface area contributed by atoms with Crippen LogP contribution in [-0.4, -0.2) is 28.1 Å². The first-order chi connectivity index (χ1) is 18.8. The Morgan fingerprint density at radius 3 is 2.21 bits per heavy atom. The number of amides is 1. The molecule has 39 heavy (non-hydrogen) atoms. The van der Waals surface area contributed by atoms with E-state index in [1.807, 2.05) is 48.5 Å². The fourth-order valence-corrected chi connectivity index (χ4v) is 4.75. The molecule has 0 fully saturated rings. The van der Waals surface area contributed by atoms with Crippen LogP contribution in [0.15, 0.2) is 72.8 Å². The fourth-order valence-electron chi connectivity index (χ4n) is 4.75. The second-order valence-corrected chi connectivity index (χ2v) is 10.2. The number of rotatable bonds is 16. The summed E-state index contributed by atoms with van der Waals surface area (Å²) in [5, 5.41) is 21.2. The van der Waals surface area contributed by atoms with E-state index in [9.17, 15) is 19.5 Å². The van der Waals surface area contributed by atoms with Gasteiger partial charge in [-0.3, -0.25) is 14.4 Å². The SMILES string of the molecule is Cc1ccccc1CCCCCCCC(=O)NCc1cccc(-c2ccc(CC(CC(=O)O)C(=O)O)cc2)c1. The standard InChI is InChI=1S/C33H39NO5/c1-24-10-7-8-13-27(24)12-5-3-2-4-6-15-31(35)34-23-26-11-9-14-29(21-26)28-18-16-25(17-19-28)20-30(33(38)39)22-32(36)37/h7-11,13-14,16-19,21,30H,2-6,12,15,20,22-23H2,1H3,(H,34,35)(H,36,37)(H,38,39). The largest absolute Gasteiger partial charge is 0.481 e. The number of nitrogens with one attached hydrogen (secondary N) is 1.